The molecule has 0 aliphatic carbocycles. The molecular weight excluding hydrogens is 194 g/mol. The summed E-state index contributed by atoms with van der Waals surface area (Å²) in [6.07, 6.45) is 1.92. The Morgan fingerprint density at radius 1 is 1.60 bits per heavy atom. The topological polar surface area (TPSA) is 78.1 Å². The minimum atomic E-state index is -0.114. The van der Waals surface area contributed by atoms with Gasteiger partial charge in [0.05, 0.1) is 31.8 Å². The smallest absolute Gasteiger partial charge is 0.234 e. The van der Waals surface area contributed by atoms with E-state index in [-0.39, 0.29) is 12.5 Å². The molecule has 1 aromatic rings. The van der Waals surface area contributed by atoms with Crippen LogP contribution in [0.25, 0.3) is 0 Å². The van der Waals surface area contributed by atoms with Crippen LogP contribution in [0.5, 0.6) is 0 Å². The van der Waals surface area contributed by atoms with E-state index in [0.29, 0.717) is 19.5 Å². The summed E-state index contributed by atoms with van der Waals surface area (Å²) in [7, 11) is 0. The van der Waals surface area contributed by atoms with Gasteiger partial charge < -0.3 is 15.1 Å². The Hall–Kier alpha value is -1.80. The van der Waals surface area contributed by atoms with E-state index in [4.69, 9.17) is 9.68 Å². The summed E-state index contributed by atoms with van der Waals surface area (Å²) in [6, 6.07) is 5.58. The molecule has 2 N–H and O–H groups in total. The Bertz CT molecular complexity index is 327. The van der Waals surface area contributed by atoms with E-state index in [2.05, 4.69) is 10.6 Å². The van der Waals surface area contributed by atoms with Crippen molar-refractivity contribution in [3.63, 3.8) is 0 Å². The standard InChI is InChI=1S/C10H13N3O2/c11-4-2-5-13-10(14)8-12-7-9-3-1-6-15-9/h1,3,6,12H,2,5,7-8H2,(H,13,14). The SMILES string of the molecule is N#CCCNC(=O)CNCc1ccco1. The third-order valence-electron chi connectivity index (χ3n) is 1.72. The Morgan fingerprint density at radius 2 is 2.47 bits per heavy atom. The van der Waals surface area contributed by atoms with Gasteiger partial charge in [0.25, 0.3) is 0 Å². The summed E-state index contributed by atoms with van der Waals surface area (Å²) in [5, 5.41) is 13.8. The van der Waals surface area contributed by atoms with Gasteiger partial charge in [0.2, 0.25) is 5.91 Å². The molecule has 0 aromatic carbocycles. The first kappa shape index (κ1) is 11.3. The van der Waals surface area contributed by atoms with Crippen LogP contribution in [0.1, 0.15) is 12.2 Å². The summed E-state index contributed by atoms with van der Waals surface area (Å²) in [5.41, 5.74) is 0. The number of amides is 1. The lowest BCUT2D eigenvalue weighted by atomic mass is 10.4. The van der Waals surface area contributed by atoms with Crippen LogP contribution in [-0.4, -0.2) is 19.0 Å². The van der Waals surface area contributed by atoms with Crippen LogP contribution >= 0.6 is 0 Å². The maximum absolute atomic E-state index is 11.1. The molecule has 0 spiro atoms. The second-order valence-corrected chi connectivity index (χ2v) is 2.94. The van der Waals surface area contributed by atoms with Crippen LogP contribution in [-0.2, 0) is 11.3 Å². The van der Waals surface area contributed by atoms with E-state index >= 15 is 0 Å². The molecule has 0 radical (unpaired) electrons. The molecule has 0 saturated carbocycles. The predicted octanol–water partition coefficient (Wildman–Crippen LogP) is 0.399. The molecule has 0 aliphatic rings. The maximum Gasteiger partial charge on any atom is 0.234 e. The van der Waals surface area contributed by atoms with E-state index in [9.17, 15) is 4.79 Å². The van der Waals surface area contributed by atoms with Crippen LogP contribution in [0.2, 0.25) is 0 Å². The minimum absolute atomic E-state index is 0.114. The lowest BCUT2D eigenvalue weighted by molar-refractivity contribution is -0.120. The lowest BCUT2D eigenvalue weighted by Crippen LogP contribution is -2.33. The van der Waals surface area contributed by atoms with Gasteiger partial charge in [-0.3, -0.25) is 4.79 Å². The molecule has 80 valence electrons. The number of hydrogen-bond acceptors (Lipinski definition) is 4. The van der Waals surface area contributed by atoms with Gasteiger partial charge in [0.15, 0.2) is 0 Å². The number of nitrogens with one attached hydrogen (secondary N) is 2. The highest BCUT2D eigenvalue weighted by Gasteiger charge is 2.00. The molecule has 5 heteroatoms. The van der Waals surface area contributed by atoms with E-state index in [1.807, 2.05) is 12.1 Å². The number of nitrogens with zero attached hydrogens (tertiary/aromatic N) is 1. The van der Waals surface area contributed by atoms with Gasteiger partial charge in [-0.15, -0.1) is 0 Å². The van der Waals surface area contributed by atoms with Gasteiger partial charge in [-0.1, -0.05) is 0 Å². The molecule has 0 unspecified atom stereocenters. The molecule has 15 heavy (non-hydrogen) atoms. The molecule has 1 rings (SSSR count). The molecule has 0 saturated heterocycles. The fourth-order valence-corrected chi connectivity index (χ4v) is 1.03. The van der Waals surface area contributed by atoms with Crippen molar-refractivity contribution in [1.29, 1.82) is 5.26 Å². The predicted molar refractivity (Wildman–Crippen MR) is 53.7 cm³/mol. The Kier molecular flexibility index (Phi) is 4.98. The van der Waals surface area contributed by atoms with Gasteiger partial charge in [-0.05, 0) is 12.1 Å². The molecule has 0 atom stereocenters. The molecular formula is C10H13N3O2. The average Bonchev–Trinajstić information content (AvgIpc) is 2.71. The molecule has 0 fully saturated rings. The van der Waals surface area contributed by atoms with Crippen LogP contribution in [0, 0.1) is 11.3 Å². The Labute approximate surface area is 88.1 Å². The second-order valence-electron chi connectivity index (χ2n) is 2.94. The third kappa shape index (κ3) is 4.84. The molecule has 1 heterocycles. The second kappa shape index (κ2) is 6.62. The zero-order valence-corrected chi connectivity index (χ0v) is 8.32. The van der Waals surface area contributed by atoms with Gasteiger partial charge in [-0.2, -0.15) is 5.26 Å². The van der Waals surface area contributed by atoms with Gasteiger partial charge in [0.1, 0.15) is 5.76 Å². The van der Waals surface area contributed by atoms with Crippen molar-refractivity contribution in [2.24, 2.45) is 0 Å². The van der Waals surface area contributed by atoms with Crippen LogP contribution in [0.3, 0.4) is 0 Å². The van der Waals surface area contributed by atoms with Gasteiger partial charge in [0, 0.05) is 6.54 Å². The zero-order chi connectivity index (χ0) is 10.9. The van der Waals surface area contributed by atoms with E-state index in [1.165, 1.54) is 0 Å². The van der Waals surface area contributed by atoms with Crippen molar-refractivity contribution >= 4 is 5.91 Å². The van der Waals surface area contributed by atoms with Gasteiger partial charge >= 0.3 is 0 Å². The van der Waals surface area contributed by atoms with Crippen molar-refractivity contribution in [3.05, 3.63) is 24.2 Å². The first-order valence-electron chi connectivity index (χ1n) is 4.69. The Balaban J connectivity index is 2.05. The van der Waals surface area contributed by atoms with Crippen LogP contribution in [0.15, 0.2) is 22.8 Å². The quantitative estimate of drug-likeness (QED) is 0.662. The lowest BCUT2D eigenvalue weighted by Gasteiger charge is -2.03. The van der Waals surface area contributed by atoms with Crippen LogP contribution < -0.4 is 10.6 Å². The largest absolute Gasteiger partial charge is 0.468 e. The van der Waals surface area contributed by atoms with Crippen molar-refractivity contribution < 1.29 is 9.21 Å². The number of hydrogen-bond donors (Lipinski definition) is 2. The highest BCUT2D eigenvalue weighted by atomic mass is 16.3. The summed E-state index contributed by atoms with van der Waals surface area (Å²) in [4.78, 5) is 11.1. The molecule has 0 aliphatic heterocycles. The number of furan rings is 1. The number of carbonyl (C=O) groups excluding carboxylic acids is 1. The molecule has 1 amide bonds. The average molecular weight is 207 g/mol. The highest BCUT2D eigenvalue weighted by Crippen LogP contribution is 1.97. The van der Waals surface area contributed by atoms with E-state index in [0.717, 1.165) is 5.76 Å². The number of carbonyl (C=O) groups is 1. The van der Waals surface area contributed by atoms with Crippen molar-refractivity contribution in [2.75, 3.05) is 13.1 Å². The number of nitriles is 1. The highest BCUT2D eigenvalue weighted by molar-refractivity contribution is 5.77. The first-order valence-corrected chi connectivity index (χ1v) is 4.69. The van der Waals surface area contributed by atoms with Crippen LogP contribution in [0.4, 0.5) is 0 Å². The first-order chi connectivity index (χ1) is 7.33. The fraction of sp³-hybridized carbons (Fsp3) is 0.400. The summed E-state index contributed by atoms with van der Waals surface area (Å²) in [6.45, 7) is 1.16. The van der Waals surface area contributed by atoms with Crippen molar-refractivity contribution in [1.82, 2.24) is 10.6 Å². The van der Waals surface area contributed by atoms with E-state index in [1.54, 1.807) is 12.3 Å². The monoisotopic (exact) mass is 207 g/mol. The fourth-order valence-electron chi connectivity index (χ4n) is 1.03. The third-order valence-corrected chi connectivity index (χ3v) is 1.72. The zero-order valence-electron chi connectivity index (χ0n) is 8.32. The summed E-state index contributed by atoms with van der Waals surface area (Å²) in [5.74, 6) is 0.677. The summed E-state index contributed by atoms with van der Waals surface area (Å²) < 4.78 is 5.08. The minimum Gasteiger partial charge on any atom is -0.468 e. The van der Waals surface area contributed by atoms with Gasteiger partial charge in [-0.25, -0.2) is 0 Å². The maximum atomic E-state index is 11.1. The molecule has 1 aromatic heterocycles. The normalized spacial score (nSPS) is 9.53. The molecule has 0 bridgehead atoms. The van der Waals surface area contributed by atoms with Crippen molar-refractivity contribution in [2.45, 2.75) is 13.0 Å². The summed E-state index contributed by atoms with van der Waals surface area (Å²) >= 11 is 0. The number of rotatable bonds is 6. The Morgan fingerprint density at radius 3 is 3.13 bits per heavy atom. The van der Waals surface area contributed by atoms with E-state index < -0.39 is 0 Å². The van der Waals surface area contributed by atoms with Crippen molar-refractivity contribution in [3.8, 4) is 6.07 Å². The molecule has 5 nitrogen and oxygen atoms in total.